The van der Waals surface area contributed by atoms with Crippen LogP contribution in [-0.2, 0) is 10.9 Å². The Kier molecular flexibility index (Phi) is 6.44. The van der Waals surface area contributed by atoms with Crippen molar-refractivity contribution in [2.75, 3.05) is 13.7 Å². The number of methoxy groups -OCH3 is 1. The van der Waals surface area contributed by atoms with E-state index < -0.39 is 11.7 Å². The van der Waals surface area contributed by atoms with Gasteiger partial charge in [0.2, 0.25) is 0 Å². The summed E-state index contributed by atoms with van der Waals surface area (Å²) in [6.45, 7) is 2.44. The van der Waals surface area contributed by atoms with Crippen LogP contribution in [0.15, 0.2) is 22.7 Å². The zero-order valence-electron chi connectivity index (χ0n) is 11.3. The maximum absolute atomic E-state index is 12.8. The molecule has 0 aliphatic rings. The van der Waals surface area contributed by atoms with Crippen LogP contribution in [0.3, 0.4) is 0 Å². The molecule has 0 aliphatic heterocycles. The van der Waals surface area contributed by atoms with Crippen LogP contribution in [0.2, 0.25) is 0 Å². The lowest BCUT2D eigenvalue weighted by atomic mass is 9.91. The molecule has 0 aliphatic carbocycles. The average molecular weight is 355 g/mol. The molecule has 0 aromatic heterocycles. The fourth-order valence-electron chi connectivity index (χ4n) is 1.99. The third kappa shape index (κ3) is 4.44. The van der Waals surface area contributed by atoms with Gasteiger partial charge in [0.15, 0.2) is 0 Å². The van der Waals surface area contributed by atoms with Gasteiger partial charge in [-0.05, 0) is 36.1 Å². The van der Waals surface area contributed by atoms with Gasteiger partial charge in [-0.1, -0.05) is 22.9 Å². The van der Waals surface area contributed by atoms with Crippen LogP contribution in [0.25, 0.3) is 0 Å². The van der Waals surface area contributed by atoms with E-state index in [1.807, 2.05) is 6.92 Å². The molecular formula is C13H18BrF3N2O. The molecule has 0 spiro atoms. The first kappa shape index (κ1) is 17.4. The van der Waals surface area contributed by atoms with E-state index in [0.717, 1.165) is 12.1 Å². The predicted molar refractivity (Wildman–Crippen MR) is 74.9 cm³/mol. The first-order valence-electron chi connectivity index (χ1n) is 6.13. The van der Waals surface area contributed by atoms with E-state index in [-0.39, 0.29) is 12.0 Å². The van der Waals surface area contributed by atoms with E-state index in [4.69, 9.17) is 10.6 Å². The van der Waals surface area contributed by atoms with Gasteiger partial charge in [-0.2, -0.15) is 13.2 Å². The van der Waals surface area contributed by atoms with E-state index in [2.05, 4.69) is 21.4 Å². The third-order valence-corrected chi connectivity index (χ3v) is 3.91. The summed E-state index contributed by atoms with van der Waals surface area (Å²) >= 11 is 3.28. The first-order chi connectivity index (χ1) is 9.31. The number of hydrazine groups is 1. The molecule has 2 atom stereocenters. The molecule has 0 fully saturated rings. The molecule has 1 rings (SSSR count). The molecule has 0 saturated carbocycles. The number of rotatable bonds is 6. The Morgan fingerprint density at radius 3 is 2.55 bits per heavy atom. The number of hydrogen-bond acceptors (Lipinski definition) is 3. The number of nitrogens with two attached hydrogens (primary N) is 1. The van der Waals surface area contributed by atoms with Crippen LogP contribution in [0.1, 0.15) is 30.5 Å². The Morgan fingerprint density at radius 1 is 1.40 bits per heavy atom. The summed E-state index contributed by atoms with van der Waals surface area (Å²) in [4.78, 5) is 0. The molecule has 0 bridgehead atoms. The number of ether oxygens (including phenoxy) is 1. The molecule has 0 radical (unpaired) electrons. The summed E-state index contributed by atoms with van der Waals surface area (Å²) in [5.41, 5.74) is 2.40. The highest BCUT2D eigenvalue weighted by Gasteiger charge is 2.32. The number of alkyl halides is 3. The van der Waals surface area contributed by atoms with Crippen LogP contribution >= 0.6 is 15.9 Å². The standard InChI is InChI=1S/C13H18BrF3N2O/c1-8(5-6-20-2)12(19-18)10-7-9(13(15,16)17)3-4-11(10)14/h3-4,7-8,12,19H,5-6,18H2,1-2H3. The van der Waals surface area contributed by atoms with E-state index in [1.54, 1.807) is 7.11 Å². The van der Waals surface area contributed by atoms with E-state index in [9.17, 15) is 13.2 Å². The number of benzene rings is 1. The van der Waals surface area contributed by atoms with E-state index in [1.165, 1.54) is 6.07 Å². The maximum atomic E-state index is 12.8. The van der Waals surface area contributed by atoms with Crippen LogP contribution in [0.5, 0.6) is 0 Å². The summed E-state index contributed by atoms with van der Waals surface area (Å²) in [6.07, 6.45) is -3.68. The highest BCUT2D eigenvalue weighted by molar-refractivity contribution is 9.10. The molecule has 1 aromatic carbocycles. The monoisotopic (exact) mass is 354 g/mol. The number of halogens is 4. The van der Waals surface area contributed by atoms with Gasteiger partial charge >= 0.3 is 6.18 Å². The molecule has 3 N–H and O–H groups in total. The van der Waals surface area contributed by atoms with Crippen LogP contribution in [0, 0.1) is 5.92 Å². The minimum atomic E-state index is -4.37. The fraction of sp³-hybridized carbons (Fsp3) is 0.538. The molecule has 1 aromatic rings. The van der Waals surface area contributed by atoms with Crippen molar-refractivity contribution < 1.29 is 17.9 Å². The summed E-state index contributed by atoms with van der Waals surface area (Å²) in [7, 11) is 1.58. The van der Waals surface area contributed by atoms with E-state index >= 15 is 0 Å². The second-order valence-corrected chi connectivity index (χ2v) is 5.49. The van der Waals surface area contributed by atoms with Crippen LogP contribution in [0.4, 0.5) is 13.2 Å². The lowest BCUT2D eigenvalue weighted by Crippen LogP contribution is -2.33. The normalized spacial score (nSPS) is 15.2. The Hall–Kier alpha value is -0.630. The summed E-state index contributed by atoms with van der Waals surface area (Å²) in [5.74, 6) is 5.54. The molecule has 114 valence electrons. The zero-order valence-corrected chi connectivity index (χ0v) is 12.9. The minimum absolute atomic E-state index is 0.0275. The Bertz CT molecular complexity index is 440. The third-order valence-electron chi connectivity index (χ3n) is 3.18. The van der Waals surface area contributed by atoms with Crippen molar-refractivity contribution in [2.45, 2.75) is 25.6 Å². The molecule has 7 heteroatoms. The lowest BCUT2D eigenvalue weighted by molar-refractivity contribution is -0.137. The topological polar surface area (TPSA) is 47.3 Å². The first-order valence-corrected chi connectivity index (χ1v) is 6.92. The van der Waals surface area contributed by atoms with Gasteiger partial charge in [0.1, 0.15) is 0 Å². The molecule has 0 heterocycles. The van der Waals surface area contributed by atoms with Crippen molar-refractivity contribution in [3.63, 3.8) is 0 Å². The van der Waals surface area contributed by atoms with Gasteiger partial charge in [-0.15, -0.1) is 0 Å². The number of hydrogen-bond donors (Lipinski definition) is 2. The molecule has 20 heavy (non-hydrogen) atoms. The molecule has 2 unspecified atom stereocenters. The highest BCUT2D eigenvalue weighted by atomic mass is 79.9. The average Bonchev–Trinajstić information content (AvgIpc) is 2.38. The quantitative estimate of drug-likeness (QED) is 0.605. The van der Waals surface area contributed by atoms with Gasteiger partial charge in [0.25, 0.3) is 0 Å². The van der Waals surface area contributed by atoms with Gasteiger partial charge in [-0.3, -0.25) is 11.3 Å². The van der Waals surface area contributed by atoms with Crippen molar-refractivity contribution in [1.29, 1.82) is 0 Å². The number of nitrogens with one attached hydrogen (secondary N) is 1. The van der Waals surface area contributed by atoms with Gasteiger partial charge in [0, 0.05) is 24.2 Å². The Balaban J connectivity index is 3.08. The molecule has 3 nitrogen and oxygen atoms in total. The summed E-state index contributed by atoms with van der Waals surface area (Å²) in [6, 6.07) is 3.17. The van der Waals surface area contributed by atoms with Crippen molar-refractivity contribution in [3.05, 3.63) is 33.8 Å². The maximum Gasteiger partial charge on any atom is 0.416 e. The SMILES string of the molecule is COCCC(C)C(NN)c1cc(C(F)(F)F)ccc1Br. The fourth-order valence-corrected chi connectivity index (χ4v) is 2.48. The molecular weight excluding hydrogens is 337 g/mol. The van der Waals surface area contributed by atoms with Crippen molar-refractivity contribution >= 4 is 15.9 Å². The largest absolute Gasteiger partial charge is 0.416 e. The predicted octanol–water partition coefficient (Wildman–Crippen LogP) is 3.64. The Morgan fingerprint density at radius 2 is 2.05 bits per heavy atom. The second-order valence-electron chi connectivity index (χ2n) is 4.64. The molecule has 0 amide bonds. The van der Waals surface area contributed by atoms with Gasteiger partial charge in [-0.25, -0.2) is 0 Å². The van der Waals surface area contributed by atoms with Crippen molar-refractivity contribution in [2.24, 2.45) is 11.8 Å². The molecule has 0 saturated heterocycles. The van der Waals surface area contributed by atoms with Crippen molar-refractivity contribution in [1.82, 2.24) is 5.43 Å². The van der Waals surface area contributed by atoms with E-state index in [0.29, 0.717) is 23.1 Å². The zero-order chi connectivity index (χ0) is 15.3. The van der Waals surface area contributed by atoms with Crippen LogP contribution < -0.4 is 11.3 Å². The minimum Gasteiger partial charge on any atom is -0.385 e. The lowest BCUT2D eigenvalue weighted by Gasteiger charge is -2.25. The smallest absolute Gasteiger partial charge is 0.385 e. The summed E-state index contributed by atoms with van der Waals surface area (Å²) < 4.78 is 43.9. The van der Waals surface area contributed by atoms with Gasteiger partial charge in [0.05, 0.1) is 5.56 Å². The Labute approximate surface area is 124 Å². The second kappa shape index (κ2) is 7.40. The van der Waals surface area contributed by atoms with Crippen molar-refractivity contribution in [3.8, 4) is 0 Å². The van der Waals surface area contributed by atoms with Gasteiger partial charge < -0.3 is 4.74 Å². The highest BCUT2D eigenvalue weighted by Crippen LogP contribution is 2.36. The van der Waals surface area contributed by atoms with Crippen LogP contribution in [-0.4, -0.2) is 13.7 Å². The summed E-state index contributed by atoms with van der Waals surface area (Å²) in [5, 5.41) is 0.